The number of halogens is 1. The molecule has 1 heterocycles. The van der Waals surface area contributed by atoms with Crippen LogP contribution >= 0.6 is 0 Å². The molecule has 5 rings (SSSR count). The number of Topliss-reactive ketones (excluding diaryl/α,β-unsaturated/α-hetero) is 1. The van der Waals surface area contributed by atoms with Crippen LogP contribution in [-0.4, -0.2) is 25.9 Å². The largest absolute Gasteiger partial charge is 0.493 e. The lowest BCUT2D eigenvalue weighted by Gasteiger charge is -2.37. The van der Waals surface area contributed by atoms with Gasteiger partial charge in [0.2, 0.25) is 0 Å². The number of methoxy groups -OCH3 is 2. The number of ketones is 1. The Balaban J connectivity index is 1.55. The molecular formula is C32H31FN2O4. The number of aryl methyl sites for hydroxylation is 1. The van der Waals surface area contributed by atoms with Crippen molar-refractivity contribution in [1.82, 2.24) is 5.32 Å². The predicted molar refractivity (Wildman–Crippen MR) is 148 cm³/mol. The van der Waals surface area contributed by atoms with E-state index in [0.29, 0.717) is 51.7 Å². The maximum Gasteiger partial charge on any atom is 0.254 e. The third-order valence-corrected chi connectivity index (χ3v) is 7.48. The van der Waals surface area contributed by atoms with Crippen LogP contribution in [-0.2, 0) is 9.59 Å². The highest BCUT2D eigenvalue weighted by atomic mass is 19.1. The number of carbonyl (C=O) groups excluding carboxylic acids is 2. The summed E-state index contributed by atoms with van der Waals surface area (Å²) in [4.78, 5) is 27.5. The van der Waals surface area contributed by atoms with Crippen LogP contribution in [0.15, 0.2) is 89.3 Å². The van der Waals surface area contributed by atoms with Crippen LogP contribution in [0.2, 0.25) is 0 Å². The Kier molecular flexibility index (Phi) is 7.24. The van der Waals surface area contributed by atoms with Gasteiger partial charge >= 0.3 is 0 Å². The fraction of sp³-hybridized carbons (Fsp3) is 0.250. The quantitative estimate of drug-likeness (QED) is 0.403. The Morgan fingerprint density at radius 1 is 0.949 bits per heavy atom. The van der Waals surface area contributed by atoms with Gasteiger partial charge in [-0.1, -0.05) is 42.0 Å². The van der Waals surface area contributed by atoms with Crippen LogP contribution in [0.5, 0.6) is 11.5 Å². The second kappa shape index (κ2) is 10.8. The molecule has 1 amide bonds. The summed E-state index contributed by atoms with van der Waals surface area (Å²) in [5.41, 5.74) is 5.02. The first-order valence-electron chi connectivity index (χ1n) is 12.9. The van der Waals surface area contributed by atoms with Gasteiger partial charge in [-0.2, -0.15) is 0 Å². The standard InChI is InChI=1S/C32H31FN2O4/c1-18-9-12-22(13-10-18)35-32(37)29-19(2)34-25-15-21(20-11-14-27(38-3)28(17-20)39-4)16-26(36)31(25)30(29)23-7-5-6-8-24(23)33/h5-14,17,21,30,34H,15-16H2,1-4H3,(H,35,37)/t21-,30+/m1/s1. The van der Waals surface area contributed by atoms with E-state index in [2.05, 4.69) is 10.6 Å². The van der Waals surface area contributed by atoms with Gasteiger partial charge in [0.1, 0.15) is 5.82 Å². The number of allylic oxidation sites excluding steroid dienone is 3. The molecule has 0 fully saturated rings. The summed E-state index contributed by atoms with van der Waals surface area (Å²) < 4.78 is 26.1. The molecule has 3 aromatic carbocycles. The van der Waals surface area contributed by atoms with Crippen LogP contribution in [0.1, 0.15) is 48.3 Å². The van der Waals surface area contributed by atoms with Gasteiger partial charge in [-0.25, -0.2) is 4.39 Å². The van der Waals surface area contributed by atoms with E-state index >= 15 is 4.39 Å². The van der Waals surface area contributed by atoms with E-state index in [-0.39, 0.29) is 24.0 Å². The molecule has 1 aliphatic heterocycles. The van der Waals surface area contributed by atoms with E-state index in [1.807, 2.05) is 49.4 Å². The summed E-state index contributed by atoms with van der Waals surface area (Å²) in [7, 11) is 3.16. The van der Waals surface area contributed by atoms with Crippen LogP contribution in [0.3, 0.4) is 0 Å². The van der Waals surface area contributed by atoms with Gasteiger partial charge < -0.3 is 20.1 Å². The number of amides is 1. The lowest BCUT2D eigenvalue weighted by Crippen LogP contribution is -2.37. The zero-order valence-electron chi connectivity index (χ0n) is 22.4. The Hall–Kier alpha value is -4.39. The molecule has 0 spiro atoms. The molecule has 7 heteroatoms. The molecule has 1 aliphatic carbocycles. The van der Waals surface area contributed by atoms with Crippen molar-refractivity contribution in [3.05, 3.63) is 112 Å². The average molecular weight is 527 g/mol. The van der Waals surface area contributed by atoms with E-state index in [0.717, 1.165) is 11.1 Å². The van der Waals surface area contributed by atoms with Crippen molar-refractivity contribution >= 4 is 17.4 Å². The monoisotopic (exact) mass is 526 g/mol. The number of hydrogen-bond donors (Lipinski definition) is 2. The topological polar surface area (TPSA) is 76.7 Å². The van der Waals surface area contributed by atoms with Crippen molar-refractivity contribution in [3.8, 4) is 11.5 Å². The van der Waals surface area contributed by atoms with Crippen LogP contribution < -0.4 is 20.1 Å². The molecule has 39 heavy (non-hydrogen) atoms. The summed E-state index contributed by atoms with van der Waals surface area (Å²) >= 11 is 0. The average Bonchev–Trinajstić information content (AvgIpc) is 2.93. The number of nitrogens with one attached hydrogen (secondary N) is 2. The Morgan fingerprint density at radius 2 is 1.67 bits per heavy atom. The smallest absolute Gasteiger partial charge is 0.254 e. The van der Waals surface area contributed by atoms with Gasteiger partial charge in [0, 0.05) is 46.1 Å². The molecular weight excluding hydrogens is 495 g/mol. The number of carbonyl (C=O) groups is 2. The molecule has 0 aromatic heterocycles. The number of hydrogen-bond acceptors (Lipinski definition) is 5. The van der Waals surface area contributed by atoms with Gasteiger partial charge in [-0.15, -0.1) is 0 Å². The zero-order valence-corrected chi connectivity index (χ0v) is 22.4. The van der Waals surface area contributed by atoms with Crippen molar-refractivity contribution in [1.29, 1.82) is 0 Å². The first-order valence-corrected chi connectivity index (χ1v) is 12.9. The van der Waals surface area contributed by atoms with E-state index < -0.39 is 11.7 Å². The first-order chi connectivity index (χ1) is 18.8. The highest BCUT2D eigenvalue weighted by molar-refractivity contribution is 6.10. The van der Waals surface area contributed by atoms with E-state index in [1.165, 1.54) is 6.07 Å². The molecule has 0 radical (unpaired) electrons. The number of ether oxygens (including phenoxy) is 2. The van der Waals surface area contributed by atoms with Crippen LogP contribution in [0.25, 0.3) is 0 Å². The Labute approximate surface area is 227 Å². The molecule has 0 saturated carbocycles. The minimum absolute atomic E-state index is 0.111. The van der Waals surface area contributed by atoms with E-state index in [9.17, 15) is 9.59 Å². The maximum absolute atomic E-state index is 15.3. The molecule has 0 saturated heterocycles. The molecule has 2 atom stereocenters. The molecule has 0 unspecified atom stereocenters. The molecule has 2 N–H and O–H groups in total. The number of benzene rings is 3. The Morgan fingerprint density at radius 3 is 2.36 bits per heavy atom. The summed E-state index contributed by atoms with van der Waals surface area (Å²) in [6.45, 7) is 3.77. The fourth-order valence-corrected chi connectivity index (χ4v) is 5.54. The van der Waals surface area contributed by atoms with Gasteiger partial charge in [0.15, 0.2) is 17.3 Å². The SMILES string of the molecule is COc1ccc([C@H]2CC(=O)C3=C(C2)NC(C)=C(C(=O)Nc2ccc(C)cc2)[C@@H]3c2ccccc2F)cc1OC. The van der Waals surface area contributed by atoms with Crippen molar-refractivity contribution in [2.24, 2.45) is 0 Å². The van der Waals surface area contributed by atoms with Crippen LogP contribution in [0, 0.1) is 12.7 Å². The maximum atomic E-state index is 15.3. The van der Waals surface area contributed by atoms with Crippen molar-refractivity contribution < 1.29 is 23.5 Å². The van der Waals surface area contributed by atoms with Crippen molar-refractivity contribution in [2.75, 3.05) is 19.5 Å². The minimum atomic E-state index is -0.827. The summed E-state index contributed by atoms with van der Waals surface area (Å²) in [5, 5.41) is 6.28. The molecule has 2 aliphatic rings. The highest BCUT2D eigenvalue weighted by Gasteiger charge is 2.42. The number of dihydropyridines is 1. The third kappa shape index (κ3) is 5.04. The van der Waals surface area contributed by atoms with E-state index in [1.54, 1.807) is 39.3 Å². The lowest BCUT2D eigenvalue weighted by atomic mass is 9.71. The zero-order chi connectivity index (χ0) is 27.7. The van der Waals surface area contributed by atoms with Gasteiger partial charge in [0.25, 0.3) is 5.91 Å². The number of rotatable bonds is 6. The highest BCUT2D eigenvalue weighted by Crippen LogP contribution is 2.47. The fourth-order valence-electron chi connectivity index (χ4n) is 5.54. The second-order valence-corrected chi connectivity index (χ2v) is 9.97. The van der Waals surface area contributed by atoms with Crippen molar-refractivity contribution in [3.63, 3.8) is 0 Å². The third-order valence-electron chi connectivity index (χ3n) is 7.48. The van der Waals surface area contributed by atoms with Crippen molar-refractivity contribution in [2.45, 2.75) is 38.5 Å². The first kappa shape index (κ1) is 26.2. The van der Waals surface area contributed by atoms with Crippen LogP contribution in [0.4, 0.5) is 10.1 Å². The van der Waals surface area contributed by atoms with E-state index in [4.69, 9.17) is 9.47 Å². The molecule has 200 valence electrons. The minimum Gasteiger partial charge on any atom is -0.493 e. The molecule has 6 nitrogen and oxygen atoms in total. The normalized spacial score (nSPS) is 18.8. The number of anilines is 1. The predicted octanol–water partition coefficient (Wildman–Crippen LogP) is 6.15. The molecule has 3 aromatic rings. The van der Waals surface area contributed by atoms with Gasteiger partial charge in [-0.05, 0) is 62.1 Å². The summed E-state index contributed by atoms with van der Waals surface area (Å²) in [6, 6.07) is 19.5. The lowest BCUT2D eigenvalue weighted by molar-refractivity contribution is -0.116. The molecule has 0 bridgehead atoms. The summed E-state index contributed by atoms with van der Waals surface area (Å²) in [5.74, 6) is -0.689. The van der Waals surface area contributed by atoms with Gasteiger partial charge in [-0.3, -0.25) is 9.59 Å². The second-order valence-electron chi connectivity index (χ2n) is 9.97. The van der Waals surface area contributed by atoms with Gasteiger partial charge in [0.05, 0.1) is 14.2 Å². The Bertz CT molecular complexity index is 1510. The summed E-state index contributed by atoms with van der Waals surface area (Å²) in [6.07, 6.45) is 0.762.